The summed E-state index contributed by atoms with van der Waals surface area (Å²) in [6.45, 7) is 8.73. The molecule has 2 aromatic rings. The van der Waals surface area contributed by atoms with Crippen molar-refractivity contribution >= 4 is 23.2 Å². The predicted molar refractivity (Wildman–Crippen MR) is 108 cm³/mol. The molecule has 3 rings (SSSR count). The summed E-state index contributed by atoms with van der Waals surface area (Å²) in [7, 11) is 0. The van der Waals surface area contributed by atoms with E-state index in [0.717, 1.165) is 5.56 Å². The summed E-state index contributed by atoms with van der Waals surface area (Å²) in [5.74, 6) is -1.81. The Hall–Kier alpha value is -2.04. The van der Waals surface area contributed by atoms with Gasteiger partial charge in [0.15, 0.2) is 11.6 Å². The Morgan fingerprint density at radius 2 is 1.61 bits per heavy atom. The number of halogens is 2. The zero-order chi connectivity index (χ0) is 20.9. The Balaban J connectivity index is 2.12. The van der Waals surface area contributed by atoms with E-state index in [2.05, 4.69) is 0 Å². The lowest BCUT2D eigenvalue weighted by Crippen LogP contribution is -2.58. The third-order valence-electron chi connectivity index (χ3n) is 5.30. The highest BCUT2D eigenvalue weighted by atomic mass is 35.5. The summed E-state index contributed by atoms with van der Waals surface area (Å²) in [5, 5.41) is 0.330. The summed E-state index contributed by atoms with van der Waals surface area (Å²) in [5.41, 5.74) is 0.491. The summed E-state index contributed by atoms with van der Waals surface area (Å²) >= 11 is 5.85. The number of aryl methyl sites for hydroxylation is 1. The SMILES string of the molecule is CCc1cc(-c2ccc(Cl)cc2F)ccc1C1C(=O)C(C)(C)OC(C)(C)C1=O. The van der Waals surface area contributed by atoms with Gasteiger partial charge in [0, 0.05) is 10.6 Å². The lowest BCUT2D eigenvalue weighted by molar-refractivity contribution is -0.184. The second-order valence-electron chi connectivity index (χ2n) is 8.18. The standard InChI is InChI=1S/C23H24ClFO3/c1-6-13-11-14(16-10-8-15(24)12-18(16)25)7-9-17(13)19-20(26)22(2,3)28-23(4,5)21(19)27/h7-12,19H,6H2,1-5H3. The summed E-state index contributed by atoms with van der Waals surface area (Å²) in [6.07, 6.45) is 0.608. The van der Waals surface area contributed by atoms with Crippen molar-refractivity contribution in [3.05, 3.63) is 58.4 Å². The molecule has 0 radical (unpaired) electrons. The number of carbonyl (C=O) groups excluding carboxylic acids is 2. The normalized spacial score (nSPS) is 19.1. The van der Waals surface area contributed by atoms with Crippen LogP contribution < -0.4 is 0 Å². The molecule has 1 aliphatic rings. The van der Waals surface area contributed by atoms with Crippen LogP contribution in [0.25, 0.3) is 11.1 Å². The number of benzene rings is 2. The fraction of sp³-hybridized carbons (Fsp3) is 0.391. The van der Waals surface area contributed by atoms with E-state index in [1.807, 2.05) is 13.0 Å². The molecule has 0 bridgehead atoms. The number of ketones is 2. The van der Waals surface area contributed by atoms with Gasteiger partial charge in [0.1, 0.15) is 22.9 Å². The molecular formula is C23H24ClFO3. The van der Waals surface area contributed by atoms with Gasteiger partial charge in [-0.15, -0.1) is 0 Å². The van der Waals surface area contributed by atoms with Crippen molar-refractivity contribution in [3.8, 4) is 11.1 Å². The van der Waals surface area contributed by atoms with Gasteiger partial charge in [0.05, 0.1) is 0 Å². The minimum Gasteiger partial charge on any atom is -0.354 e. The largest absolute Gasteiger partial charge is 0.354 e. The molecule has 1 saturated heterocycles. The van der Waals surface area contributed by atoms with Crippen molar-refractivity contribution in [2.24, 2.45) is 0 Å². The van der Waals surface area contributed by atoms with Gasteiger partial charge in [-0.25, -0.2) is 4.39 Å². The first-order valence-electron chi connectivity index (χ1n) is 9.35. The van der Waals surface area contributed by atoms with Crippen LogP contribution in [0.4, 0.5) is 4.39 Å². The average Bonchev–Trinajstić information content (AvgIpc) is 2.60. The Morgan fingerprint density at radius 3 is 2.14 bits per heavy atom. The third kappa shape index (κ3) is 3.51. The molecule has 0 unspecified atom stereocenters. The molecule has 1 heterocycles. The Kier molecular flexibility index (Phi) is 5.24. The van der Waals surface area contributed by atoms with Crippen molar-refractivity contribution in [1.29, 1.82) is 0 Å². The van der Waals surface area contributed by atoms with Crippen LogP contribution >= 0.6 is 11.6 Å². The highest BCUT2D eigenvalue weighted by molar-refractivity contribution is 6.30. The molecule has 3 nitrogen and oxygen atoms in total. The molecule has 0 atom stereocenters. The fourth-order valence-corrected chi connectivity index (χ4v) is 4.08. The van der Waals surface area contributed by atoms with Crippen molar-refractivity contribution in [1.82, 2.24) is 0 Å². The molecule has 1 aliphatic heterocycles. The van der Waals surface area contributed by atoms with Crippen LogP contribution in [0.15, 0.2) is 36.4 Å². The van der Waals surface area contributed by atoms with E-state index in [0.29, 0.717) is 28.1 Å². The molecule has 5 heteroatoms. The summed E-state index contributed by atoms with van der Waals surface area (Å²) < 4.78 is 20.1. The zero-order valence-electron chi connectivity index (χ0n) is 16.7. The van der Waals surface area contributed by atoms with Crippen molar-refractivity contribution in [2.75, 3.05) is 0 Å². The fourth-order valence-electron chi connectivity index (χ4n) is 3.92. The van der Waals surface area contributed by atoms with E-state index in [1.54, 1.807) is 52.0 Å². The highest BCUT2D eigenvalue weighted by Crippen LogP contribution is 2.40. The molecule has 0 aliphatic carbocycles. The van der Waals surface area contributed by atoms with Gasteiger partial charge >= 0.3 is 0 Å². The smallest absolute Gasteiger partial charge is 0.179 e. The Labute approximate surface area is 169 Å². The van der Waals surface area contributed by atoms with E-state index in [4.69, 9.17) is 16.3 Å². The summed E-state index contributed by atoms with van der Waals surface area (Å²) in [4.78, 5) is 26.1. The van der Waals surface area contributed by atoms with E-state index in [9.17, 15) is 14.0 Å². The van der Waals surface area contributed by atoms with Crippen LogP contribution in [0, 0.1) is 5.82 Å². The van der Waals surface area contributed by atoms with Crippen LogP contribution in [0.5, 0.6) is 0 Å². The molecule has 28 heavy (non-hydrogen) atoms. The Bertz CT molecular complexity index is 936. The van der Waals surface area contributed by atoms with Crippen LogP contribution in [0.2, 0.25) is 5.02 Å². The van der Waals surface area contributed by atoms with Crippen LogP contribution in [0.3, 0.4) is 0 Å². The minimum atomic E-state index is -1.06. The molecule has 0 saturated carbocycles. The molecule has 0 amide bonds. The maximum Gasteiger partial charge on any atom is 0.179 e. The molecule has 0 spiro atoms. The van der Waals surface area contributed by atoms with Gasteiger partial charge < -0.3 is 4.74 Å². The summed E-state index contributed by atoms with van der Waals surface area (Å²) in [6, 6.07) is 9.89. The molecule has 0 N–H and O–H groups in total. The van der Waals surface area contributed by atoms with E-state index >= 15 is 0 Å². The number of rotatable bonds is 3. The first kappa shape index (κ1) is 20.7. The molecule has 148 valence electrons. The highest BCUT2D eigenvalue weighted by Gasteiger charge is 2.53. The van der Waals surface area contributed by atoms with E-state index in [1.165, 1.54) is 6.07 Å². The van der Waals surface area contributed by atoms with Gasteiger partial charge in [0.25, 0.3) is 0 Å². The van der Waals surface area contributed by atoms with Crippen molar-refractivity contribution in [3.63, 3.8) is 0 Å². The number of carbonyl (C=O) groups is 2. The van der Waals surface area contributed by atoms with E-state index < -0.39 is 22.9 Å². The average molecular weight is 403 g/mol. The topological polar surface area (TPSA) is 43.4 Å². The van der Waals surface area contributed by atoms with Gasteiger partial charge in [-0.1, -0.05) is 36.7 Å². The number of Topliss-reactive ketones (excluding diaryl/α,β-unsaturated/α-hetero) is 2. The number of hydrogen-bond acceptors (Lipinski definition) is 3. The van der Waals surface area contributed by atoms with Crippen LogP contribution in [0.1, 0.15) is 51.7 Å². The van der Waals surface area contributed by atoms with Gasteiger partial charge in [0.2, 0.25) is 0 Å². The lowest BCUT2D eigenvalue weighted by Gasteiger charge is -2.43. The van der Waals surface area contributed by atoms with Gasteiger partial charge in [-0.05, 0) is 69.0 Å². The molecule has 2 aromatic carbocycles. The van der Waals surface area contributed by atoms with Crippen molar-refractivity contribution in [2.45, 2.75) is 58.2 Å². The third-order valence-corrected chi connectivity index (χ3v) is 5.53. The second-order valence-corrected chi connectivity index (χ2v) is 8.61. The molecule has 1 fully saturated rings. The maximum atomic E-state index is 14.3. The first-order valence-corrected chi connectivity index (χ1v) is 9.73. The minimum absolute atomic E-state index is 0.253. The van der Waals surface area contributed by atoms with Gasteiger partial charge in [-0.3, -0.25) is 9.59 Å². The Morgan fingerprint density at radius 1 is 1.00 bits per heavy atom. The van der Waals surface area contributed by atoms with Crippen LogP contribution in [-0.4, -0.2) is 22.8 Å². The zero-order valence-corrected chi connectivity index (χ0v) is 17.5. The first-order chi connectivity index (χ1) is 13.0. The predicted octanol–water partition coefficient (Wildman–Crippen LogP) is 5.52. The van der Waals surface area contributed by atoms with Crippen molar-refractivity contribution < 1.29 is 18.7 Å². The van der Waals surface area contributed by atoms with E-state index in [-0.39, 0.29) is 11.6 Å². The lowest BCUT2D eigenvalue weighted by atomic mass is 9.73. The number of hydrogen-bond donors (Lipinski definition) is 0. The molecular weight excluding hydrogens is 379 g/mol. The maximum absolute atomic E-state index is 14.3. The molecule has 0 aromatic heterocycles. The number of ether oxygens (including phenoxy) is 1. The second kappa shape index (κ2) is 7.09. The van der Waals surface area contributed by atoms with Crippen LogP contribution in [-0.2, 0) is 20.7 Å². The van der Waals surface area contributed by atoms with Gasteiger partial charge in [-0.2, -0.15) is 0 Å². The monoisotopic (exact) mass is 402 g/mol. The quantitative estimate of drug-likeness (QED) is 0.635.